The van der Waals surface area contributed by atoms with E-state index in [2.05, 4.69) is 31.0 Å². The summed E-state index contributed by atoms with van der Waals surface area (Å²) in [6.07, 6.45) is 1.20. The molecule has 18 heavy (non-hydrogen) atoms. The minimum Gasteiger partial charge on any atom is -0.381 e. The molecule has 2 fully saturated rings. The molecule has 2 aliphatic rings. The van der Waals surface area contributed by atoms with Gasteiger partial charge in [-0.15, -0.1) is 0 Å². The first-order valence-corrected chi connectivity index (χ1v) is 7.23. The largest absolute Gasteiger partial charge is 0.381 e. The van der Waals surface area contributed by atoms with Gasteiger partial charge in [0.1, 0.15) is 0 Å². The normalized spacial score (nSPS) is 28.5. The Morgan fingerprint density at radius 2 is 1.94 bits per heavy atom. The van der Waals surface area contributed by atoms with Crippen LogP contribution in [-0.2, 0) is 9.47 Å². The van der Waals surface area contributed by atoms with E-state index in [9.17, 15) is 0 Å². The number of hydrogen-bond donors (Lipinski definition) is 1. The Hall–Kier alpha value is -0.160. The summed E-state index contributed by atoms with van der Waals surface area (Å²) in [6, 6.07) is 0.549. The highest BCUT2D eigenvalue weighted by Crippen LogP contribution is 2.19. The van der Waals surface area contributed by atoms with Crippen molar-refractivity contribution in [3.8, 4) is 0 Å². The second kappa shape index (κ2) is 6.33. The van der Waals surface area contributed by atoms with E-state index in [1.54, 1.807) is 0 Å². The van der Waals surface area contributed by atoms with Gasteiger partial charge in [0.05, 0.1) is 19.8 Å². The fraction of sp³-hybridized carbons (Fsp3) is 1.00. The van der Waals surface area contributed by atoms with Gasteiger partial charge >= 0.3 is 0 Å². The number of hydrogen-bond acceptors (Lipinski definition) is 4. The average Bonchev–Trinajstić information content (AvgIpc) is 2.91. The molecule has 0 aromatic heterocycles. The molecule has 0 radical (unpaired) electrons. The maximum atomic E-state index is 5.46. The third kappa shape index (κ3) is 3.67. The molecule has 2 aliphatic heterocycles. The molecule has 2 atom stereocenters. The van der Waals surface area contributed by atoms with Crippen LogP contribution in [0.15, 0.2) is 0 Å². The molecule has 106 valence electrons. The molecule has 0 aliphatic carbocycles. The van der Waals surface area contributed by atoms with Crippen LogP contribution in [-0.4, -0.2) is 62.5 Å². The molecule has 4 nitrogen and oxygen atoms in total. The van der Waals surface area contributed by atoms with Crippen molar-refractivity contribution in [3.05, 3.63) is 0 Å². The van der Waals surface area contributed by atoms with E-state index >= 15 is 0 Å². The Kier molecular flexibility index (Phi) is 5.01. The van der Waals surface area contributed by atoms with Crippen LogP contribution in [0.5, 0.6) is 0 Å². The first-order chi connectivity index (χ1) is 8.59. The molecule has 0 aromatic rings. The molecule has 1 N–H and O–H groups in total. The van der Waals surface area contributed by atoms with E-state index in [1.165, 1.54) is 6.42 Å². The number of rotatable bonds is 5. The third-order valence-corrected chi connectivity index (χ3v) is 4.40. The van der Waals surface area contributed by atoms with Crippen LogP contribution >= 0.6 is 0 Å². The second-order valence-corrected chi connectivity index (χ2v) is 6.21. The van der Waals surface area contributed by atoms with Crippen molar-refractivity contribution >= 4 is 0 Å². The summed E-state index contributed by atoms with van der Waals surface area (Å²) in [7, 11) is 0. The Morgan fingerprint density at radius 1 is 1.22 bits per heavy atom. The van der Waals surface area contributed by atoms with Crippen LogP contribution in [0.3, 0.4) is 0 Å². The summed E-state index contributed by atoms with van der Waals surface area (Å²) in [4.78, 5) is 2.53. The molecule has 2 saturated heterocycles. The van der Waals surface area contributed by atoms with E-state index in [4.69, 9.17) is 9.47 Å². The Bertz CT molecular complexity index is 246. The molecule has 0 spiro atoms. The highest BCUT2D eigenvalue weighted by molar-refractivity contribution is 4.87. The Morgan fingerprint density at radius 3 is 2.56 bits per heavy atom. The summed E-state index contributed by atoms with van der Waals surface area (Å²) in [6.45, 7) is 13.7. The molecule has 4 heteroatoms. The van der Waals surface area contributed by atoms with Crippen molar-refractivity contribution in [2.75, 3.05) is 46.1 Å². The van der Waals surface area contributed by atoms with Crippen molar-refractivity contribution in [2.24, 2.45) is 5.92 Å². The zero-order valence-electron chi connectivity index (χ0n) is 12.1. The van der Waals surface area contributed by atoms with Gasteiger partial charge in [-0.2, -0.15) is 0 Å². The summed E-state index contributed by atoms with van der Waals surface area (Å²) in [5.41, 5.74) is 0.206. The molecule has 0 saturated carbocycles. The van der Waals surface area contributed by atoms with Crippen molar-refractivity contribution in [1.82, 2.24) is 10.2 Å². The lowest BCUT2D eigenvalue weighted by Gasteiger charge is -2.41. The van der Waals surface area contributed by atoms with Crippen LogP contribution in [0.25, 0.3) is 0 Å². The standard InChI is InChI=1S/C14H28N2O2/c1-12(13-4-7-18-10-13)15-11-14(2,3)16-5-8-17-9-6-16/h12-13,15H,4-11H2,1-3H3. The highest BCUT2D eigenvalue weighted by atomic mass is 16.5. The van der Waals surface area contributed by atoms with Crippen LogP contribution in [0, 0.1) is 5.92 Å². The van der Waals surface area contributed by atoms with Crippen LogP contribution in [0.4, 0.5) is 0 Å². The first kappa shape index (κ1) is 14.3. The SMILES string of the molecule is CC(NCC(C)(C)N1CCOCC1)C1CCOC1. The molecular formula is C14H28N2O2. The average molecular weight is 256 g/mol. The zero-order chi connectivity index (χ0) is 13.0. The smallest absolute Gasteiger partial charge is 0.0594 e. The van der Waals surface area contributed by atoms with Gasteiger partial charge in [0.25, 0.3) is 0 Å². The molecule has 0 aromatic carbocycles. The fourth-order valence-corrected chi connectivity index (χ4v) is 2.80. The van der Waals surface area contributed by atoms with Gasteiger partial charge in [-0.25, -0.2) is 0 Å². The van der Waals surface area contributed by atoms with E-state index in [0.29, 0.717) is 12.0 Å². The fourth-order valence-electron chi connectivity index (χ4n) is 2.80. The predicted octanol–water partition coefficient (Wildman–Crippen LogP) is 1.11. The van der Waals surface area contributed by atoms with Crippen LogP contribution in [0.1, 0.15) is 27.2 Å². The molecular weight excluding hydrogens is 228 g/mol. The molecule has 0 bridgehead atoms. The topological polar surface area (TPSA) is 33.7 Å². The second-order valence-electron chi connectivity index (χ2n) is 6.21. The summed E-state index contributed by atoms with van der Waals surface area (Å²) >= 11 is 0. The molecule has 2 unspecified atom stereocenters. The van der Waals surface area contributed by atoms with E-state index in [0.717, 1.165) is 46.1 Å². The van der Waals surface area contributed by atoms with E-state index in [-0.39, 0.29) is 5.54 Å². The highest BCUT2D eigenvalue weighted by Gasteiger charge is 2.30. The van der Waals surface area contributed by atoms with Gasteiger partial charge in [0, 0.05) is 37.8 Å². The maximum Gasteiger partial charge on any atom is 0.0594 e. The Balaban J connectivity index is 1.76. The van der Waals surface area contributed by atoms with Gasteiger partial charge < -0.3 is 14.8 Å². The summed E-state index contributed by atoms with van der Waals surface area (Å²) in [5.74, 6) is 0.686. The minimum absolute atomic E-state index is 0.206. The predicted molar refractivity (Wildman–Crippen MR) is 72.9 cm³/mol. The summed E-state index contributed by atoms with van der Waals surface area (Å²) < 4.78 is 10.9. The first-order valence-electron chi connectivity index (χ1n) is 7.23. The lowest BCUT2D eigenvalue weighted by molar-refractivity contribution is -0.0107. The van der Waals surface area contributed by atoms with Gasteiger partial charge in [-0.05, 0) is 33.1 Å². The quantitative estimate of drug-likeness (QED) is 0.799. The maximum absolute atomic E-state index is 5.46. The van der Waals surface area contributed by atoms with Gasteiger partial charge in [-0.1, -0.05) is 0 Å². The summed E-state index contributed by atoms with van der Waals surface area (Å²) in [5, 5.41) is 3.70. The number of ether oxygens (including phenoxy) is 2. The van der Waals surface area contributed by atoms with Gasteiger partial charge in [0.15, 0.2) is 0 Å². The van der Waals surface area contributed by atoms with Gasteiger partial charge in [0.2, 0.25) is 0 Å². The monoisotopic (exact) mass is 256 g/mol. The van der Waals surface area contributed by atoms with Crippen molar-refractivity contribution in [3.63, 3.8) is 0 Å². The van der Waals surface area contributed by atoms with Crippen LogP contribution in [0.2, 0.25) is 0 Å². The number of morpholine rings is 1. The lowest BCUT2D eigenvalue weighted by Crippen LogP contribution is -2.56. The molecule has 2 rings (SSSR count). The van der Waals surface area contributed by atoms with Gasteiger partial charge in [-0.3, -0.25) is 4.90 Å². The number of nitrogens with one attached hydrogen (secondary N) is 1. The van der Waals surface area contributed by atoms with Crippen molar-refractivity contribution < 1.29 is 9.47 Å². The molecule has 0 amide bonds. The van der Waals surface area contributed by atoms with Crippen molar-refractivity contribution in [1.29, 1.82) is 0 Å². The third-order valence-electron chi connectivity index (χ3n) is 4.40. The van der Waals surface area contributed by atoms with E-state index in [1.807, 2.05) is 0 Å². The van der Waals surface area contributed by atoms with E-state index < -0.39 is 0 Å². The Labute approximate surface area is 111 Å². The van der Waals surface area contributed by atoms with Crippen molar-refractivity contribution in [2.45, 2.75) is 38.8 Å². The van der Waals surface area contributed by atoms with Crippen LogP contribution < -0.4 is 5.32 Å². The number of nitrogens with zero attached hydrogens (tertiary/aromatic N) is 1. The zero-order valence-corrected chi connectivity index (χ0v) is 12.1. The lowest BCUT2D eigenvalue weighted by atomic mass is 9.97. The minimum atomic E-state index is 0.206. The molecule has 2 heterocycles.